The van der Waals surface area contributed by atoms with E-state index in [9.17, 15) is 4.39 Å². The molecule has 1 rings (SSSR count). The predicted molar refractivity (Wildman–Crippen MR) is 39.0 cm³/mol. The molecule has 0 aliphatic heterocycles. The van der Waals surface area contributed by atoms with Crippen LogP contribution in [-0.4, -0.2) is 7.85 Å². The molecule has 0 heterocycles. The molecule has 9 heavy (non-hydrogen) atoms. The molecule has 0 aliphatic carbocycles. The van der Waals surface area contributed by atoms with Crippen LogP contribution in [0.15, 0.2) is 18.2 Å². The van der Waals surface area contributed by atoms with Crippen LogP contribution >= 0.6 is 0 Å². The molecule has 0 amide bonds. The molecule has 0 aromatic heterocycles. The molecule has 0 radical (unpaired) electrons. The quantitative estimate of drug-likeness (QED) is 0.370. The minimum absolute atomic E-state index is 0.218. The zero-order valence-electron chi connectivity index (χ0n) is 5.19. The number of rotatable bonds is 0. The SMILES string of the molecule is Bc1ccc(F)c(N)c1. The molecule has 1 aromatic carbocycles. The van der Waals surface area contributed by atoms with Crippen molar-refractivity contribution in [3.63, 3.8) is 0 Å². The van der Waals surface area contributed by atoms with Gasteiger partial charge in [-0.25, -0.2) is 4.39 Å². The second kappa shape index (κ2) is 2.09. The minimum atomic E-state index is -0.347. The van der Waals surface area contributed by atoms with Gasteiger partial charge in [-0.2, -0.15) is 0 Å². The number of anilines is 1. The molecule has 3 heteroatoms. The van der Waals surface area contributed by atoms with Crippen LogP contribution in [-0.2, 0) is 0 Å². The minimum Gasteiger partial charge on any atom is -0.396 e. The van der Waals surface area contributed by atoms with Crippen LogP contribution in [0.4, 0.5) is 10.1 Å². The summed E-state index contributed by atoms with van der Waals surface area (Å²) in [6.07, 6.45) is 0. The Morgan fingerprint density at radius 3 is 2.56 bits per heavy atom. The van der Waals surface area contributed by atoms with Crippen molar-refractivity contribution in [1.29, 1.82) is 0 Å². The summed E-state index contributed by atoms with van der Waals surface area (Å²) in [5.41, 5.74) is 6.44. The second-order valence-corrected chi connectivity index (χ2v) is 2.02. The molecule has 0 spiro atoms. The number of benzene rings is 1. The van der Waals surface area contributed by atoms with Gasteiger partial charge in [0.1, 0.15) is 13.7 Å². The third kappa shape index (κ3) is 1.22. The van der Waals surface area contributed by atoms with Crippen LogP contribution in [0.5, 0.6) is 0 Å². The van der Waals surface area contributed by atoms with E-state index < -0.39 is 0 Å². The normalized spacial score (nSPS) is 9.44. The van der Waals surface area contributed by atoms with Crippen molar-refractivity contribution in [1.82, 2.24) is 0 Å². The van der Waals surface area contributed by atoms with E-state index >= 15 is 0 Å². The summed E-state index contributed by atoms with van der Waals surface area (Å²) in [6, 6.07) is 4.66. The fourth-order valence-corrected chi connectivity index (χ4v) is 0.663. The van der Waals surface area contributed by atoms with Gasteiger partial charge in [0.15, 0.2) is 0 Å². The molecule has 1 aromatic rings. The molecule has 0 fully saturated rings. The van der Waals surface area contributed by atoms with Gasteiger partial charge < -0.3 is 5.73 Å². The average molecular weight is 123 g/mol. The summed E-state index contributed by atoms with van der Waals surface area (Å²) in [4.78, 5) is 0. The van der Waals surface area contributed by atoms with E-state index in [1.54, 1.807) is 12.1 Å². The Bertz CT molecular complexity index is 224. The molecule has 46 valence electrons. The van der Waals surface area contributed by atoms with Crippen LogP contribution in [0.2, 0.25) is 0 Å². The molecule has 2 N–H and O–H groups in total. The lowest BCUT2D eigenvalue weighted by Crippen LogP contribution is -2.04. The van der Waals surface area contributed by atoms with Gasteiger partial charge in [0.25, 0.3) is 0 Å². The highest BCUT2D eigenvalue weighted by Gasteiger charge is 1.93. The largest absolute Gasteiger partial charge is 0.396 e. The Balaban J connectivity index is 3.17. The van der Waals surface area contributed by atoms with Crippen molar-refractivity contribution in [2.75, 3.05) is 5.73 Å². The highest BCUT2D eigenvalue weighted by atomic mass is 19.1. The van der Waals surface area contributed by atoms with Crippen molar-refractivity contribution in [2.24, 2.45) is 0 Å². The highest BCUT2D eigenvalue weighted by molar-refractivity contribution is 6.32. The maximum absolute atomic E-state index is 12.4. The van der Waals surface area contributed by atoms with Crippen molar-refractivity contribution >= 4 is 19.0 Å². The Labute approximate surface area is 54.1 Å². The fraction of sp³-hybridized carbons (Fsp3) is 0. The van der Waals surface area contributed by atoms with Crippen molar-refractivity contribution in [3.8, 4) is 0 Å². The van der Waals surface area contributed by atoms with E-state index in [1.807, 2.05) is 7.85 Å². The maximum atomic E-state index is 12.4. The Kier molecular flexibility index (Phi) is 1.43. The van der Waals surface area contributed by atoms with Crippen molar-refractivity contribution in [2.45, 2.75) is 0 Å². The number of hydrogen-bond donors (Lipinski definition) is 1. The highest BCUT2D eigenvalue weighted by Crippen LogP contribution is 2.04. The topological polar surface area (TPSA) is 26.0 Å². The standard InChI is InChI=1S/C6H7BFN/c7-4-1-2-5(8)6(9)3-4/h1-3H,7,9H2. The summed E-state index contributed by atoms with van der Waals surface area (Å²) in [5, 5.41) is 0. The first-order valence-corrected chi connectivity index (χ1v) is 2.72. The van der Waals surface area contributed by atoms with E-state index in [4.69, 9.17) is 5.73 Å². The van der Waals surface area contributed by atoms with Gasteiger partial charge in [-0.15, -0.1) is 0 Å². The fourth-order valence-electron chi connectivity index (χ4n) is 0.663. The lowest BCUT2D eigenvalue weighted by molar-refractivity contribution is 0.633. The van der Waals surface area contributed by atoms with Crippen LogP contribution < -0.4 is 11.2 Å². The molecule has 0 atom stereocenters. The zero-order chi connectivity index (χ0) is 6.85. The second-order valence-electron chi connectivity index (χ2n) is 2.02. The number of hydrogen-bond acceptors (Lipinski definition) is 1. The number of nitrogens with two attached hydrogens (primary N) is 1. The van der Waals surface area contributed by atoms with Crippen LogP contribution in [0.1, 0.15) is 0 Å². The van der Waals surface area contributed by atoms with E-state index in [0.717, 1.165) is 5.46 Å². The zero-order valence-corrected chi connectivity index (χ0v) is 5.19. The van der Waals surface area contributed by atoms with Gasteiger partial charge in [-0.05, 0) is 12.1 Å². The Morgan fingerprint density at radius 1 is 1.44 bits per heavy atom. The first-order valence-electron chi connectivity index (χ1n) is 2.72. The molecule has 0 bridgehead atoms. The van der Waals surface area contributed by atoms with Crippen LogP contribution in [0, 0.1) is 5.82 Å². The lowest BCUT2D eigenvalue weighted by atomic mass is 9.96. The first kappa shape index (κ1) is 6.14. The van der Waals surface area contributed by atoms with Gasteiger partial charge in [0.2, 0.25) is 0 Å². The smallest absolute Gasteiger partial charge is 0.146 e. The van der Waals surface area contributed by atoms with Crippen LogP contribution in [0.3, 0.4) is 0 Å². The molecular formula is C6H7BFN. The van der Waals surface area contributed by atoms with Gasteiger partial charge >= 0.3 is 0 Å². The Morgan fingerprint density at radius 2 is 2.11 bits per heavy atom. The van der Waals surface area contributed by atoms with Gasteiger partial charge in [-0.1, -0.05) is 11.5 Å². The molecule has 0 saturated heterocycles. The van der Waals surface area contributed by atoms with E-state index in [2.05, 4.69) is 0 Å². The average Bonchev–Trinajstić information content (AvgIpc) is 1.80. The molecule has 0 saturated carbocycles. The summed E-state index contributed by atoms with van der Waals surface area (Å²) in [6.45, 7) is 0. The van der Waals surface area contributed by atoms with Crippen LogP contribution in [0.25, 0.3) is 0 Å². The number of nitrogen functional groups attached to an aromatic ring is 1. The van der Waals surface area contributed by atoms with E-state index in [0.29, 0.717) is 0 Å². The third-order valence-corrected chi connectivity index (χ3v) is 1.15. The predicted octanol–water partition coefficient (Wildman–Crippen LogP) is -0.334. The third-order valence-electron chi connectivity index (χ3n) is 1.15. The van der Waals surface area contributed by atoms with Gasteiger partial charge in [0, 0.05) is 0 Å². The summed E-state index contributed by atoms with van der Waals surface area (Å²) < 4.78 is 12.4. The Hall–Kier alpha value is -0.985. The summed E-state index contributed by atoms with van der Waals surface area (Å²) >= 11 is 0. The van der Waals surface area contributed by atoms with Crippen molar-refractivity contribution < 1.29 is 4.39 Å². The summed E-state index contributed by atoms with van der Waals surface area (Å²) in [5.74, 6) is -0.347. The maximum Gasteiger partial charge on any atom is 0.146 e. The van der Waals surface area contributed by atoms with E-state index in [-0.39, 0.29) is 11.5 Å². The summed E-state index contributed by atoms with van der Waals surface area (Å²) in [7, 11) is 1.87. The van der Waals surface area contributed by atoms with E-state index in [1.165, 1.54) is 6.07 Å². The van der Waals surface area contributed by atoms with Crippen molar-refractivity contribution in [3.05, 3.63) is 24.0 Å². The molecule has 0 aliphatic rings. The van der Waals surface area contributed by atoms with Gasteiger partial charge in [-0.3, -0.25) is 0 Å². The first-order chi connectivity index (χ1) is 4.20. The molecule has 0 unspecified atom stereocenters. The number of halogens is 1. The molecule has 1 nitrogen and oxygen atoms in total. The lowest BCUT2D eigenvalue weighted by Gasteiger charge is -1.95. The molecular weight excluding hydrogens is 116 g/mol. The monoisotopic (exact) mass is 123 g/mol. The van der Waals surface area contributed by atoms with Gasteiger partial charge in [0.05, 0.1) is 5.69 Å².